The van der Waals surface area contributed by atoms with Crippen molar-refractivity contribution in [2.45, 2.75) is 10.2 Å². The molecule has 0 saturated carbocycles. The van der Waals surface area contributed by atoms with Crippen molar-refractivity contribution in [1.82, 2.24) is 4.98 Å². The molecule has 7 heteroatoms. The highest BCUT2D eigenvalue weighted by Gasteiger charge is 2.14. The lowest BCUT2D eigenvalue weighted by Gasteiger charge is -2.08. The molecule has 2 rings (SSSR count). The summed E-state index contributed by atoms with van der Waals surface area (Å²) in [6, 6.07) is 9.83. The average molecular weight is 357 g/mol. The molecule has 20 heavy (non-hydrogen) atoms. The van der Waals surface area contributed by atoms with Gasteiger partial charge in [0.15, 0.2) is 0 Å². The molecule has 0 radical (unpaired) electrons. The highest BCUT2D eigenvalue weighted by Crippen LogP contribution is 2.18. The van der Waals surface area contributed by atoms with E-state index in [2.05, 4.69) is 25.6 Å². The van der Waals surface area contributed by atoms with Crippen LogP contribution in [0, 0.1) is 0 Å². The number of hydrogen-bond acceptors (Lipinski definition) is 4. The van der Waals surface area contributed by atoms with Crippen molar-refractivity contribution in [2.75, 3.05) is 11.8 Å². The number of ether oxygens (including phenoxy) is 1. The van der Waals surface area contributed by atoms with Crippen molar-refractivity contribution in [1.29, 1.82) is 0 Å². The number of alkyl halides is 1. The Balaban J connectivity index is 2.20. The Bertz CT molecular complexity index is 670. The van der Waals surface area contributed by atoms with Gasteiger partial charge in [0.1, 0.15) is 0 Å². The zero-order chi connectivity index (χ0) is 14.6. The molecule has 5 nitrogen and oxygen atoms in total. The first kappa shape index (κ1) is 14.8. The van der Waals surface area contributed by atoms with Gasteiger partial charge in [-0.15, -0.1) is 0 Å². The Kier molecular flexibility index (Phi) is 4.61. The zero-order valence-corrected chi connectivity index (χ0v) is 13.1. The summed E-state index contributed by atoms with van der Waals surface area (Å²) in [6.07, 6.45) is 1.41. The molecule has 0 bridgehead atoms. The Labute approximate surface area is 126 Å². The minimum absolute atomic E-state index is 0.206. The summed E-state index contributed by atoms with van der Waals surface area (Å²) < 4.78 is 31.7. The summed E-state index contributed by atoms with van der Waals surface area (Å²) in [6.45, 7) is 0. The van der Waals surface area contributed by atoms with Crippen LogP contribution in [0.25, 0.3) is 0 Å². The van der Waals surface area contributed by atoms with Crippen LogP contribution in [0.2, 0.25) is 0 Å². The number of rotatable bonds is 5. The number of halogens is 1. The molecule has 106 valence electrons. The Morgan fingerprint density at radius 3 is 2.40 bits per heavy atom. The van der Waals surface area contributed by atoms with E-state index in [9.17, 15) is 8.42 Å². The van der Waals surface area contributed by atoms with Crippen molar-refractivity contribution in [2.24, 2.45) is 0 Å². The molecule has 0 atom stereocenters. The second-order valence-corrected chi connectivity index (χ2v) is 6.22. The molecule has 1 N–H and O–H groups in total. The molecule has 0 fully saturated rings. The van der Waals surface area contributed by atoms with Gasteiger partial charge in [-0.05, 0) is 23.8 Å². The van der Waals surface area contributed by atoms with E-state index in [-0.39, 0.29) is 4.90 Å². The van der Waals surface area contributed by atoms with E-state index in [1.165, 1.54) is 13.3 Å². The zero-order valence-electron chi connectivity index (χ0n) is 10.7. The van der Waals surface area contributed by atoms with Crippen LogP contribution < -0.4 is 9.46 Å². The van der Waals surface area contributed by atoms with Gasteiger partial charge < -0.3 is 4.74 Å². The van der Waals surface area contributed by atoms with E-state index in [0.29, 0.717) is 16.9 Å². The van der Waals surface area contributed by atoms with E-state index < -0.39 is 10.0 Å². The molecule has 0 aliphatic heterocycles. The highest BCUT2D eigenvalue weighted by atomic mass is 79.9. The summed E-state index contributed by atoms with van der Waals surface area (Å²) in [5.74, 6) is 0.426. The van der Waals surface area contributed by atoms with Gasteiger partial charge in [-0.25, -0.2) is 13.4 Å². The summed E-state index contributed by atoms with van der Waals surface area (Å²) in [4.78, 5) is 4.15. The van der Waals surface area contributed by atoms with Gasteiger partial charge in [-0.2, -0.15) is 0 Å². The second kappa shape index (κ2) is 6.23. The Morgan fingerprint density at radius 1 is 1.20 bits per heavy atom. The first-order valence-corrected chi connectivity index (χ1v) is 8.33. The summed E-state index contributed by atoms with van der Waals surface area (Å²) >= 11 is 3.31. The predicted molar refractivity (Wildman–Crippen MR) is 80.7 cm³/mol. The maximum atomic E-state index is 12.2. The number of hydrogen-bond donors (Lipinski definition) is 1. The number of benzene rings is 1. The number of pyridine rings is 1. The van der Waals surface area contributed by atoms with Gasteiger partial charge >= 0.3 is 0 Å². The summed E-state index contributed by atoms with van der Waals surface area (Å²) in [5.41, 5.74) is 1.39. The SMILES string of the molecule is COc1ccc(NS(=O)(=O)c2ccc(CBr)cc2)cn1. The minimum atomic E-state index is -3.60. The first-order chi connectivity index (χ1) is 9.55. The van der Waals surface area contributed by atoms with E-state index >= 15 is 0 Å². The molecule has 1 heterocycles. The molecule has 0 amide bonds. The normalized spacial score (nSPS) is 11.1. The smallest absolute Gasteiger partial charge is 0.261 e. The van der Waals surface area contributed by atoms with Gasteiger partial charge in [0.25, 0.3) is 10.0 Å². The van der Waals surface area contributed by atoms with E-state index in [0.717, 1.165) is 5.56 Å². The lowest BCUT2D eigenvalue weighted by Crippen LogP contribution is -2.13. The maximum absolute atomic E-state index is 12.2. The van der Waals surface area contributed by atoms with Crippen molar-refractivity contribution in [3.05, 3.63) is 48.2 Å². The van der Waals surface area contributed by atoms with Crippen molar-refractivity contribution < 1.29 is 13.2 Å². The topological polar surface area (TPSA) is 68.3 Å². The Morgan fingerprint density at radius 2 is 1.90 bits per heavy atom. The summed E-state index contributed by atoms with van der Waals surface area (Å²) in [7, 11) is -2.11. The van der Waals surface area contributed by atoms with Crippen LogP contribution in [0.5, 0.6) is 5.88 Å². The van der Waals surface area contributed by atoms with Crippen LogP contribution in [-0.4, -0.2) is 20.5 Å². The number of sulfonamides is 1. The fourth-order valence-electron chi connectivity index (χ4n) is 1.53. The molecular formula is C13H13BrN2O3S. The fourth-order valence-corrected chi connectivity index (χ4v) is 2.95. The van der Waals surface area contributed by atoms with Crippen LogP contribution >= 0.6 is 15.9 Å². The maximum Gasteiger partial charge on any atom is 0.261 e. The lowest BCUT2D eigenvalue weighted by molar-refractivity contribution is 0.398. The quantitative estimate of drug-likeness (QED) is 0.836. The fraction of sp³-hybridized carbons (Fsp3) is 0.154. The average Bonchev–Trinajstić information content (AvgIpc) is 2.48. The van der Waals surface area contributed by atoms with Crippen molar-refractivity contribution >= 4 is 31.6 Å². The molecule has 0 saturated heterocycles. The second-order valence-electron chi connectivity index (χ2n) is 3.97. The van der Waals surface area contributed by atoms with Crippen LogP contribution in [0.4, 0.5) is 5.69 Å². The predicted octanol–water partition coefficient (Wildman–Crippen LogP) is 2.79. The third-order valence-corrected chi connectivity index (χ3v) is 4.63. The lowest BCUT2D eigenvalue weighted by atomic mass is 10.2. The van der Waals surface area contributed by atoms with E-state index in [1.54, 1.807) is 36.4 Å². The number of anilines is 1. The van der Waals surface area contributed by atoms with Gasteiger partial charge in [0.05, 0.1) is 23.9 Å². The van der Waals surface area contributed by atoms with Crippen LogP contribution in [0.15, 0.2) is 47.5 Å². The van der Waals surface area contributed by atoms with E-state index in [4.69, 9.17) is 4.74 Å². The third kappa shape index (κ3) is 3.49. The van der Waals surface area contributed by atoms with Gasteiger partial charge in [0.2, 0.25) is 5.88 Å². The molecule has 0 aliphatic carbocycles. The van der Waals surface area contributed by atoms with Gasteiger partial charge in [0, 0.05) is 11.4 Å². The first-order valence-electron chi connectivity index (χ1n) is 5.73. The number of aromatic nitrogens is 1. The van der Waals surface area contributed by atoms with Gasteiger partial charge in [-0.3, -0.25) is 4.72 Å². The van der Waals surface area contributed by atoms with Crippen molar-refractivity contribution in [3.63, 3.8) is 0 Å². The van der Waals surface area contributed by atoms with Crippen LogP contribution in [-0.2, 0) is 15.4 Å². The van der Waals surface area contributed by atoms with Gasteiger partial charge in [-0.1, -0.05) is 28.1 Å². The molecular weight excluding hydrogens is 344 g/mol. The standard InChI is InChI=1S/C13H13BrN2O3S/c1-19-13-7-4-11(9-15-13)16-20(17,18)12-5-2-10(8-14)3-6-12/h2-7,9,16H,8H2,1H3. The minimum Gasteiger partial charge on any atom is -0.481 e. The largest absolute Gasteiger partial charge is 0.481 e. The molecule has 0 aliphatic rings. The highest BCUT2D eigenvalue weighted by molar-refractivity contribution is 9.08. The molecule has 0 spiro atoms. The van der Waals surface area contributed by atoms with E-state index in [1.807, 2.05) is 0 Å². The third-order valence-electron chi connectivity index (χ3n) is 2.59. The molecule has 2 aromatic rings. The number of nitrogens with zero attached hydrogens (tertiary/aromatic N) is 1. The number of methoxy groups -OCH3 is 1. The molecule has 1 aromatic carbocycles. The molecule has 1 aromatic heterocycles. The van der Waals surface area contributed by atoms with Crippen LogP contribution in [0.1, 0.15) is 5.56 Å². The van der Waals surface area contributed by atoms with Crippen LogP contribution in [0.3, 0.4) is 0 Å². The van der Waals surface area contributed by atoms with Crippen molar-refractivity contribution in [3.8, 4) is 5.88 Å². The monoisotopic (exact) mass is 356 g/mol. The Hall–Kier alpha value is -1.60. The number of nitrogens with one attached hydrogen (secondary N) is 1. The summed E-state index contributed by atoms with van der Waals surface area (Å²) in [5, 5.41) is 0.684. The molecule has 0 unspecified atom stereocenters.